The number of hydrogen-bond acceptors (Lipinski definition) is 3. The molecule has 0 radical (unpaired) electrons. The third-order valence-corrected chi connectivity index (χ3v) is 2.91. The number of halogens is 1. The molecular formula is C13H16FN3O. The molecule has 1 heterocycles. The molecule has 1 aromatic carbocycles. The van der Waals surface area contributed by atoms with Crippen molar-refractivity contribution < 1.29 is 9.50 Å². The Morgan fingerprint density at radius 3 is 2.78 bits per heavy atom. The second kappa shape index (κ2) is 4.78. The summed E-state index contributed by atoms with van der Waals surface area (Å²) in [6.45, 7) is 1.88. The first-order valence-corrected chi connectivity index (χ1v) is 5.70. The van der Waals surface area contributed by atoms with Gasteiger partial charge in [-0.1, -0.05) is 0 Å². The highest BCUT2D eigenvalue weighted by atomic mass is 19.1. The van der Waals surface area contributed by atoms with Crippen LogP contribution in [0.25, 0.3) is 0 Å². The van der Waals surface area contributed by atoms with Gasteiger partial charge in [-0.15, -0.1) is 0 Å². The van der Waals surface area contributed by atoms with E-state index in [0.717, 1.165) is 11.4 Å². The Bertz CT molecular complexity index is 565. The molecule has 1 unspecified atom stereocenters. The van der Waals surface area contributed by atoms with Gasteiger partial charge >= 0.3 is 0 Å². The molecule has 0 saturated carbocycles. The number of nitrogens with zero attached hydrogens (tertiary/aromatic N) is 2. The van der Waals surface area contributed by atoms with Gasteiger partial charge in [0, 0.05) is 30.4 Å². The summed E-state index contributed by atoms with van der Waals surface area (Å²) in [5.41, 5.74) is 8.30. The molecular weight excluding hydrogens is 233 g/mol. The van der Waals surface area contributed by atoms with Crippen molar-refractivity contribution >= 4 is 5.69 Å². The van der Waals surface area contributed by atoms with Crippen molar-refractivity contribution in [2.45, 2.75) is 19.4 Å². The van der Waals surface area contributed by atoms with Crippen LogP contribution in [-0.4, -0.2) is 14.9 Å². The number of nitrogens with two attached hydrogens (primary N) is 1. The van der Waals surface area contributed by atoms with Crippen LogP contribution in [0.5, 0.6) is 0 Å². The molecule has 96 valence electrons. The minimum Gasteiger partial charge on any atom is -0.398 e. The summed E-state index contributed by atoms with van der Waals surface area (Å²) < 4.78 is 14.8. The van der Waals surface area contributed by atoms with E-state index in [9.17, 15) is 9.50 Å². The van der Waals surface area contributed by atoms with Gasteiger partial charge in [0.1, 0.15) is 5.82 Å². The zero-order chi connectivity index (χ0) is 13.3. The first kappa shape index (κ1) is 12.6. The van der Waals surface area contributed by atoms with E-state index in [1.54, 1.807) is 4.68 Å². The second-order valence-corrected chi connectivity index (χ2v) is 4.39. The molecule has 0 aliphatic heterocycles. The van der Waals surface area contributed by atoms with Gasteiger partial charge in [0.15, 0.2) is 0 Å². The molecule has 2 aromatic rings. The van der Waals surface area contributed by atoms with Crippen molar-refractivity contribution in [3.63, 3.8) is 0 Å². The highest BCUT2D eigenvalue weighted by molar-refractivity contribution is 5.48. The van der Waals surface area contributed by atoms with E-state index in [0.29, 0.717) is 17.7 Å². The summed E-state index contributed by atoms with van der Waals surface area (Å²) in [6, 6.07) is 5.89. The van der Waals surface area contributed by atoms with Crippen LogP contribution < -0.4 is 5.73 Å². The fraction of sp³-hybridized carbons (Fsp3) is 0.308. The Kier molecular flexibility index (Phi) is 3.34. The number of nitrogen functional groups attached to an aromatic ring is 1. The van der Waals surface area contributed by atoms with Gasteiger partial charge in [0.2, 0.25) is 0 Å². The predicted molar refractivity (Wildman–Crippen MR) is 67.4 cm³/mol. The summed E-state index contributed by atoms with van der Waals surface area (Å²) in [6.07, 6.45) is -0.485. The first-order chi connectivity index (χ1) is 8.47. The highest BCUT2D eigenvalue weighted by Crippen LogP contribution is 2.24. The molecule has 18 heavy (non-hydrogen) atoms. The number of aryl methyl sites for hydroxylation is 2. The zero-order valence-corrected chi connectivity index (χ0v) is 10.4. The van der Waals surface area contributed by atoms with E-state index < -0.39 is 11.9 Å². The third kappa shape index (κ3) is 2.51. The molecule has 0 saturated heterocycles. The first-order valence-electron chi connectivity index (χ1n) is 5.70. The van der Waals surface area contributed by atoms with E-state index in [4.69, 9.17) is 5.73 Å². The van der Waals surface area contributed by atoms with Crippen molar-refractivity contribution in [1.82, 2.24) is 9.78 Å². The van der Waals surface area contributed by atoms with Gasteiger partial charge < -0.3 is 10.8 Å². The molecule has 1 atom stereocenters. The molecule has 0 spiro atoms. The molecule has 4 nitrogen and oxygen atoms in total. The maximum atomic E-state index is 13.1. The molecule has 0 fully saturated rings. The molecule has 5 heteroatoms. The van der Waals surface area contributed by atoms with Crippen LogP contribution >= 0.6 is 0 Å². The quantitative estimate of drug-likeness (QED) is 0.814. The van der Waals surface area contributed by atoms with Gasteiger partial charge in [-0.25, -0.2) is 4.39 Å². The second-order valence-electron chi connectivity index (χ2n) is 4.39. The Hall–Kier alpha value is -1.88. The topological polar surface area (TPSA) is 64.1 Å². The summed E-state index contributed by atoms with van der Waals surface area (Å²) in [7, 11) is 1.81. The molecule has 0 amide bonds. The summed E-state index contributed by atoms with van der Waals surface area (Å²) >= 11 is 0. The number of benzene rings is 1. The summed E-state index contributed by atoms with van der Waals surface area (Å²) in [5.74, 6) is -0.403. The van der Waals surface area contributed by atoms with Gasteiger partial charge in [-0.3, -0.25) is 4.68 Å². The van der Waals surface area contributed by atoms with Gasteiger partial charge in [0.05, 0.1) is 11.8 Å². The highest BCUT2D eigenvalue weighted by Gasteiger charge is 2.15. The van der Waals surface area contributed by atoms with Crippen LogP contribution in [0.15, 0.2) is 24.3 Å². The van der Waals surface area contributed by atoms with Gasteiger partial charge in [0.25, 0.3) is 0 Å². The maximum absolute atomic E-state index is 13.1. The fourth-order valence-corrected chi connectivity index (χ4v) is 2.00. The lowest BCUT2D eigenvalue weighted by Gasteiger charge is -2.13. The molecule has 1 aromatic heterocycles. The molecule has 0 aliphatic carbocycles. The van der Waals surface area contributed by atoms with E-state index in [-0.39, 0.29) is 0 Å². The molecule has 0 aliphatic rings. The monoisotopic (exact) mass is 249 g/mol. The average molecular weight is 249 g/mol. The smallest absolute Gasteiger partial charge is 0.123 e. The summed E-state index contributed by atoms with van der Waals surface area (Å²) in [5, 5.41) is 14.3. The number of hydrogen-bond donors (Lipinski definition) is 2. The predicted octanol–water partition coefficient (Wildman–Crippen LogP) is 1.73. The van der Waals surface area contributed by atoms with Crippen molar-refractivity contribution in [1.29, 1.82) is 0 Å². The molecule has 2 rings (SSSR count). The standard InChI is InChI=1S/C13H16FN3O/c1-8-5-10(17(2)16-8)7-13(18)11-6-9(14)3-4-12(11)15/h3-6,13,18H,7,15H2,1-2H3. The number of rotatable bonds is 3. The van der Waals surface area contributed by atoms with E-state index in [1.807, 2.05) is 20.0 Å². The minimum atomic E-state index is -0.838. The van der Waals surface area contributed by atoms with Gasteiger partial charge in [-0.2, -0.15) is 5.10 Å². The number of anilines is 1. The van der Waals surface area contributed by atoms with E-state index in [1.165, 1.54) is 18.2 Å². The summed E-state index contributed by atoms with van der Waals surface area (Å²) in [4.78, 5) is 0. The number of aliphatic hydroxyl groups is 1. The van der Waals surface area contributed by atoms with Gasteiger partial charge in [-0.05, 0) is 31.2 Å². The Morgan fingerprint density at radius 2 is 2.17 bits per heavy atom. The van der Waals surface area contributed by atoms with Crippen LogP contribution in [-0.2, 0) is 13.5 Å². The van der Waals surface area contributed by atoms with E-state index in [2.05, 4.69) is 5.10 Å². The Morgan fingerprint density at radius 1 is 1.44 bits per heavy atom. The van der Waals surface area contributed by atoms with Crippen molar-refractivity contribution in [3.8, 4) is 0 Å². The van der Waals surface area contributed by atoms with E-state index >= 15 is 0 Å². The fourth-order valence-electron chi connectivity index (χ4n) is 2.00. The molecule has 3 N–H and O–H groups in total. The van der Waals surface area contributed by atoms with Crippen molar-refractivity contribution in [2.75, 3.05) is 5.73 Å². The van der Waals surface area contributed by atoms with Crippen molar-refractivity contribution in [2.24, 2.45) is 7.05 Å². The van der Waals surface area contributed by atoms with Crippen LogP contribution in [0.2, 0.25) is 0 Å². The maximum Gasteiger partial charge on any atom is 0.123 e. The average Bonchev–Trinajstić information content (AvgIpc) is 2.61. The lowest BCUT2D eigenvalue weighted by atomic mass is 10.0. The largest absolute Gasteiger partial charge is 0.398 e. The molecule has 0 bridgehead atoms. The number of aliphatic hydroxyl groups excluding tert-OH is 1. The van der Waals surface area contributed by atoms with Crippen LogP contribution in [0.4, 0.5) is 10.1 Å². The Balaban J connectivity index is 2.24. The third-order valence-electron chi connectivity index (χ3n) is 2.91. The minimum absolute atomic E-state index is 0.352. The SMILES string of the molecule is Cc1cc(CC(O)c2cc(F)ccc2N)n(C)n1. The Labute approximate surface area is 105 Å². The normalized spacial score (nSPS) is 12.7. The number of aromatic nitrogens is 2. The van der Waals surface area contributed by atoms with Crippen LogP contribution in [0, 0.1) is 12.7 Å². The van der Waals surface area contributed by atoms with Crippen LogP contribution in [0.3, 0.4) is 0 Å². The zero-order valence-electron chi connectivity index (χ0n) is 10.4. The van der Waals surface area contributed by atoms with Crippen molar-refractivity contribution in [3.05, 3.63) is 47.0 Å². The lowest BCUT2D eigenvalue weighted by Crippen LogP contribution is -2.09. The lowest BCUT2D eigenvalue weighted by molar-refractivity contribution is 0.176. The van der Waals surface area contributed by atoms with Crippen LogP contribution in [0.1, 0.15) is 23.1 Å².